The molecule has 2 heterocycles. The summed E-state index contributed by atoms with van der Waals surface area (Å²) in [7, 11) is 0. The van der Waals surface area contributed by atoms with Crippen LogP contribution in [0.4, 0.5) is 0 Å². The van der Waals surface area contributed by atoms with Crippen LogP contribution < -0.4 is 0 Å². The van der Waals surface area contributed by atoms with Crippen molar-refractivity contribution in [2.45, 2.75) is 48.7 Å². The van der Waals surface area contributed by atoms with Crippen molar-refractivity contribution in [3.63, 3.8) is 0 Å². The predicted octanol–water partition coefficient (Wildman–Crippen LogP) is 3.45. The molecule has 0 aliphatic carbocycles. The van der Waals surface area contributed by atoms with Crippen molar-refractivity contribution in [2.24, 2.45) is 0 Å². The molecule has 2 bridgehead atoms. The second-order valence-corrected chi connectivity index (χ2v) is 6.39. The minimum atomic E-state index is -0.182. The molecular formula is C15H18O2S. The summed E-state index contributed by atoms with van der Waals surface area (Å²) in [5, 5.41) is 0. The highest BCUT2D eigenvalue weighted by molar-refractivity contribution is 7.99. The van der Waals surface area contributed by atoms with Crippen LogP contribution in [0.2, 0.25) is 0 Å². The molecule has 0 radical (unpaired) electrons. The smallest absolute Gasteiger partial charge is 0.138 e. The van der Waals surface area contributed by atoms with E-state index in [4.69, 9.17) is 4.74 Å². The van der Waals surface area contributed by atoms with Gasteiger partial charge in [0.2, 0.25) is 0 Å². The minimum absolute atomic E-state index is 0.182. The number of Topliss-reactive ketones (excluding diaryl/α,β-unsaturated/α-hetero) is 1. The number of thioether (sulfide) groups is 1. The second kappa shape index (κ2) is 5.06. The van der Waals surface area contributed by atoms with Crippen LogP contribution >= 0.6 is 11.8 Å². The Morgan fingerprint density at radius 3 is 3.00 bits per heavy atom. The van der Waals surface area contributed by atoms with E-state index in [-0.39, 0.29) is 11.7 Å². The number of carbonyl (C=O) groups excluding carboxylic acids is 1. The number of rotatable bonds is 3. The molecule has 3 heteroatoms. The Balaban J connectivity index is 1.68. The van der Waals surface area contributed by atoms with Gasteiger partial charge in [0.1, 0.15) is 5.78 Å². The van der Waals surface area contributed by atoms with Crippen molar-refractivity contribution < 1.29 is 9.53 Å². The van der Waals surface area contributed by atoms with E-state index in [2.05, 4.69) is 24.3 Å². The van der Waals surface area contributed by atoms with Gasteiger partial charge in [-0.05, 0) is 31.4 Å². The lowest BCUT2D eigenvalue weighted by molar-refractivity contribution is -0.163. The first kappa shape index (κ1) is 12.2. The Kier molecular flexibility index (Phi) is 3.44. The average Bonchev–Trinajstić information content (AvgIpc) is 2.37. The Morgan fingerprint density at radius 1 is 1.33 bits per heavy atom. The normalized spacial score (nSPS) is 31.3. The quantitative estimate of drug-likeness (QED) is 0.780. The number of carbonyl (C=O) groups is 1. The molecule has 2 fully saturated rings. The molecule has 0 spiro atoms. The van der Waals surface area contributed by atoms with Gasteiger partial charge in [-0.15, -0.1) is 11.8 Å². The van der Waals surface area contributed by atoms with E-state index in [0.717, 1.165) is 18.6 Å². The van der Waals surface area contributed by atoms with Gasteiger partial charge in [0.25, 0.3) is 0 Å². The lowest BCUT2D eigenvalue weighted by atomic mass is 9.82. The van der Waals surface area contributed by atoms with E-state index < -0.39 is 0 Å². The first-order chi connectivity index (χ1) is 8.76. The fourth-order valence-corrected chi connectivity index (χ4v) is 4.07. The maximum Gasteiger partial charge on any atom is 0.138 e. The predicted molar refractivity (Wildman–Crippen MR) is 72.9 cm³/mol. The van der Waals surface area contributed by atoms with Gasteiger partial charge in [0.15, 0.2) is 0 Å². The molecule has 0 unspecified atom stereocenters. The molecule has 2 atom stereocenters. The zero-order valence-corrected chi connectivity index (χ0v) is 11.2. The third kappa shape index (κ3) is 2.62. The molecule has 1 aromatic rings. The first-order valence-corrected chi connectivity index (χ1v) is 7.62. The topological polar surface area (TPSA) is 26.3 Å². The Bertz CT molecular complexity index is 431. The van der Waals surface area contributed by atoms with Crippen molar-refractivity contribution in [3.05, 3.63) is 30.3 Å². The lowest BCUT2D eigenvalue weighted by Gasteiger charge is -2.44. The van der Waals surface area contributed by atoms with Gasteiger partial charge < -0.3 is 4.74 Å². The molecular weight excluding hydrogens is 244 g/mol. The van der Waals surface area contributed by atoms with Gasteiger partial charge in [0.05, 0.1) is 11.7 Å². The summed E-state index contributed by atoms with van der Waals surface area (Å²) in [5.74, 6) is 1.29. The standard InChI is InChI=1S/C15H18O2S/c16-12-9-13-5-4-8-15(10-12,17-13)11-18-14-6-2-1-3-7-14/h1-3,6-7,13H,4-5,8-11H2/t13-,15+/m1/s1. The van der Waals surface area contributed by atoms with Crippen LogP contribution in [0.15, 0.2) is 35.2 Å². The number of hydrogen-bond donors (Lipinski definition) is 0. The van der Waals surface area contributed by atoms with Gasteiger partial charge in [0, 0.05) is 23.5 Å². The van der Waals surface area contributed by atoms with Gasteiger partial charge >= 0.3 is 0 Å². The van der Waals surface area contributed by atoms with E-state index in [1.165, 1.54) is 11.3 Å². The van der Waals surface area contributed by atoms with Gasteiger partial charge in [-0.2, -0.15) is 0 Å². The summed E-state index contributed by atoms with van der Waals surface area (Å²) in [6.07, 6.45) is 4.74. The van der Waals surface area contributed by atoms with Crippen LogP contribution in [0.3, 0.4) is 0 Å². The van der Waals surface area contributed by atoms with E-state index in [0.29, 0.717) is 18.6 Å². The van der Waals surface area contributed by atoms with Gasteiger partial charge in [-0.3, -0.25) is 4.79 Å². The summed E-state index contributed by atoms with van der Waals surface area (Å²) in [5.41, 5.74) is -0.182. The average molecular weight is 262 g/mol. The first-order valence-electron chi connectivity index (χ1n) is 6.63. The molecule has 1 aromatic carbocycles. The molecule has 2 aliphatic rings. The van der Waals surface area contributed by atoms with Crippen LogP contribution in [0, 0.1) is 0 Å². The fourth-order valence-electron chi connectivity index (χ4n) is 2.97. The van der Waals surface area contributed by atoms with E-state index in [9.17, 15) is 4.79 Å². The molecule has 0 amide bonds. The molecule has 0 saturated carbocycles. The number of hydrogen-bond acceptors (Lipinski definition) is 3. The van der Waals surface area contributed by atoms with Crippen molar-refractivity contribution in [2.75, 3.05) is 5.75 Å². The minimum Gasteiger partial charge on any atom is -0.370 e. The zero-order chi connectivity index (χ0) is 12.4. The summed E-state index contributed by atoms with van der Waals surface area (Å²) in [6, 6.07) is 10.4. The van der Waals surface area contributed by atoms with E-state index in [1.54, 1.807) is 0 Å². The Morgan fingerprint density at radius 2 is 2.17 bits per heavy atom. The molecule has 0 aromatic heterocycles. The van der Waals surface area contributed by atoms with E-state index in [1.807, 2.05) is 17.8 Å². The number of benzene rings is 1. The molecule has 0 N–H and O–H groups in total. The summed E-state index contributed by atoms with van der Waals surface area (Å²) in [6.45, 7) is 0. The number of fused-ring (bicyclic) bond motifs is 2. The lowest BCUT2D eigenvalue weighted by Crippen LogP contribution is -2.49. The maximum atomic E-state index is 11.8. The van der Waals surface area contributed by atoms with E-state index >= 15 is 0 Å². The molecule has 18 heavy (non-hydrogen) atoms. The summed E-state index contributed by atoms with van der Waals surface area (Å²) < 4.78 is 6.16. The fraction of sp³-hybridized carbons (Fsp3) is 0.533. The van der Waals surface area contributed by atoms with Gasteiger partial charge in [-0.25, -0.2) is 0 Å². The molecule has 3 rings (SSSR count). The highest BCUT2D eigenvalue weighted by atomic mass is 32.2. The Labute approximate surface area is 112 Å². The van der Waals surface area contributed by atoms with Crippen molar-refractivity contribution in [3.8, 4) is 0 Å². The zero-order valence-electron chi connectivity index (χ0n) is 10.4. The number of ketones is 1. The van der Waals surface area contributed by atoms with Crippen LogP contribution in [0.25, 0.3) is 0 Å². The highest BCUT2D eigenvalue weighted by Crippen LogP contribution is 2.41. The van der Waals surface area contributed by atoms with Crippen LogP contribution in [0.1, 0.15) is 32.1 Å². The third-order valence-electron chi connectivity index (χ3n) is 3.79. The third-order valence-corrected chi connectivity index (χ3v) is 5.07. The van der Waals surface area contributed by atoms with Crippen molar-refractivity contribution in [1.82, 2.24) is 0 Å². The maximum absolute atomic E-state index is 11.8. The Hall–Kier alpha value is -0.800. The second-order valence-electron chi connectivity index (χ2n) is 5.34. The van der Waals surface area contributed by atoms with Crippen molar-refractivity contribution in [1.29, 1.82) is 0 Å². The summed E-state index contributed by atoms with van der Waals surface area (Å²) in [4.78, 5) is 13.1. The highest BCUT2D eigenvalue weighted by Gasteiger charge is 2.43. The van der Waals surface area contributed by atoms with Crippen LogP contribution in [-0.2, 0) is 9.53 Å². The SMILES string of the molecule is O=C1C[C@H]2CCC[C@@](CSc3ccccc3)(C1)O2. The van der Waals surface area contributed by atoms with Crippen LogP contribution in [-0.4, -0.2) is 23.2 Å². The number of ether oxygens (including phenoxy) is 1. The van der Waals surface area contributed by atoms with Gasteiger partial charge in [-0.1, -0.05) is 18.2 Å². The summed E-state index contributed by atoms with van der Waals surface area (Å²) >= 11 is 1.81. The monoisotopic (exact) mass is 262 g/mol. The molecule has 2 saturated heterocycles. The molecule has 2 aliphatic heterocycles. The van der Waals surface area contributed by atoms with Crippen LogP contribution in [0.5, 0.6) is 0 Å². The molecule has 96 valence electrons. The molecule has 2 nitrogen and oxygen atoms in total. The van der Waals surface area contributed by atoms with Crippen molar-refractivity contribution >= 4 is 17.5 Å². The largest absolute Gasteiger partial charge is 0.370 e.